The van der Waals surface area contributed by atoms with Gasteiger partial charge in [-0.2, -0.15) is 0 Å². The van der Waals surface area contributed by atoms with Gasteiger partial charge in [-0.15, -0.1) is 0 Å². The SMILES string of the molecule is CCc1ccc(NS(=O)(=O)c2cc(Cl)cc(Cl)c2)cc1N. The lowest BCUT2D eigenvalue weighted by molar-refractivity contribution is 0.601. The van der Waals surface area contributed by atoms with E-state index in [2.05, 4.69) is 4.72 Å². The zero-order valence-corrected chi connectivity index (χ0v) is 13.6. The van der Waals surface area contributed by atoms with Crippen molar-refractivity contribution in [2.75, 3.05) is 10.5 Å². The van der Waals surface area contributed by atoms with Gasteiger partial charge in [-0.05, 0) is 42.3 Å². The van der Waals surface area contributed by atoms with Crippen molar-refractivity contribution in [3.05, 3.63) is 52.0 Å². The van der Waals surface area contributed by atoms with Crippen molar-refractivity contribution in [3.63, 3.8) is 0 Å². The van der Waals surface area contributed by atoms with Crippen LogP contribution in [-0.4, -0.2) is 8.42 Å². The molecule has 0 unspecified atom stereocenters. The number of nitrogen functional groups attached to an aromatic ring is 1. The second-order valence-corrected chi connectivity index (χ2v) is 7.03. The van der Waals surface area contributed by atoms with E-state index >= 15 is 0 Å². The lowest BCUT2D eigenvalue weighted by Gasteiger charge is -2.11. The lowest BCUT2D eigenvalue weighted by Crippen LogP contribution is -2.13. The van der Waals surface area contributed by atoms with Crippen LogP contribution in [0.2, 0.25) is 10.0 Å². The molecule has 0 atom stereocenters. The summed E-state index contributed by atoms with van der Waals surface area (Å²) in [5.74, 6) is 0. The van der Waals surface area contributed by atoms with Crippen LogP contribution in [-0.2, 0) is 16.4 Å². The van der Waals surface area contributed by atoms with E-state index in [9.17, 15) is 8.42 Å². The fraction of sp³-hybridized carbons (Fsp3) is 0.143. The van der Waals surface area contributed by atoms with Crippen LogP contribution >= 0.6 is 23.2 Å². The maximum atomic E-state index is 12.3. The van der Waals surface area contributed by atoms with Gasteiger partial charge in [0.05, 0.1) is 10.6 Å². The lowest BCUT2D eigenvalue weighted by atomic mass is 10.1. The standard InChI is InChI=1S/C14H14Cl2N2O2S/c1-2-9-3-4-12(8-14(9)17)18-21(19,20)13-6-10(15)5-11(16)7-13/h3-8,18H,2,17H2,1H3. The largest absolute Gasteiger partial charge is 0.398 e. The maximum absolute atomic E-state index is 12.3. The van der Waals surface area contributed by atoms with Crippen molar-refractivity contribution >= 4 is 44.6 Å². The van der Waals surface area contributed by atoms with Crippen LogP contribution in [0.4, 0.5) is 11.4 Å². The molecule has 0 saturated heterocycles. The number of benzene rings is 2. The van der Waals surface area contributed by atoms with Crippen molar-refractivity contribution in [1.82, 2.24) is 0 Å². The van der Waals surface area contributed by atoms with E-state index in [1.165, 1.54) is 18.2 Å². The molecule has 0 aromatic heterocycles. The van der Waals surface area contributed by atoms with E-state index in [-0.39, 0.29) is 14.9 Å². The van der Waals surface area contributed by atoms with Gasteiger partial charge in [0.2, 0.25) is 0 Å². The Hall–Kier alpha value is -1.43. The molecule has 7 heteroatoms. The third-order valence-corrected chi connectivity index (χ3v) is 4.72. The molecule has 0 spiro atoms. The van der Waals surface area contributed by atoms with Crippen LogP contribution in [0.3, 0.4) is 0 Å². The van der Waals surface area contributed by atoms with Gasteiger partial charge in [0.1, 0.15) is 0 Å². The van der Waals surface area contributed by atoms with E-state index in [1.54, 1.807) is 18.2 Å². The smallest absolute Gasteiger partial charge is 0.261 e. The van der Waals surface area contributed by atoms with Crippen molar-refractivity contribution in [1.29, 1.82) is 0 Å². The number of sulfonamides is 1. The first-order valence-electron chi connectivity index (χ1n) is 6.19. The van der Waals surface area contributed by atoms with Gasteiger partial charge in [-0.3, -0.25) is 4.72 Å². The Balaban J connectivity index is 2.35. The third-order valence-electron chi connectivity index (χ3n) is 2.93. The number of aryl methyl sites for hydroxylation is 1. The van der Waals surface area contributed by atoms with Gasteiger partial charge in [-0.1, -0.05) is 36.2 Å². The molecule has 0 fully saturated rings. The summed E-state index contributed by atoms with van der Waals surface area (Å²) in [5.41, 5.74) is 7.76. The van der Waals surface area contributed by atoms with E-state index in [1.807, 2.05) is 6.92 Å². The number of anilines is 2. The monoisotopic (exact) mass is 344 g/mol. The summed E-state index contributed by atoms with van der Waals surface area (Å²) >= 11 is 11.7. The summed E-state index contributed by atoms with van der Waals surface area (Å²) in [5, 5.41) is 0.507. The van der Waals surface area contributed by atoms with Crippen molar-refractivity contribution in [3.8, 4) is 0 Å². The topological polar surface area (TPSA) is 72.2 Å². The molecule has 0 radical (unpaired) electrons. The Morgan fingerprint density at radius 3 is 2.24 bits per heavy atom. The molecule has 0 aliphatic heterocycles. The van der Waals surface area contributed by atoms with Crippen LogP contribution in [0.1, 0.15) is 12.5 Å². The Morgan fingerprint density at radius 1 is 1.10 bits per heavy atom. The molecule has 21 heavy (non-hydrogen) atoms. The minimum Gasteiger partial charge on any atom is -0.398 e. The van der Waals surface area contributed by atoms with Crippen LogP contribution in [0.25, 0.3) is 0 Å². The average molecular weight is 345 g/mol. The summed E-state index contributed by atoms with van der Waals surface area (Å²) in [6.07, 6.45) is 0.781. The fourth-order valence-electron chi connectivity index (χ4n) is 1.88. The molecule has 3 N–H and O–H groups in total. The summed E-state index contributed by atoms with van der Waals surface area (Å²) in [6.45, 7) is 1.98. The molecular weight excluding hydrogens is 331 g/mol. The minimum absolute atomic E-state index is 0.00172. The first-order chi connectivity index (χ1) is 9.81. The average Bonchev–Trinajstić information content (AvgIpc) is 2.37. The predicted octanol–water partition coefficient (Wildman–Crippen LogP) is 3.94. The van der Waals surface area contributed by atoms with Crippen LogP contribution in [0, 0.1) is 0 Å². The fourth-order valence-corrected chi connectivity index (χ4v) is 3.65. The van der Waals surface area contributed by atoms with Crippen LogP contribution < -0.4 is 10.5 Å². The van der Waals surface area contributed by atoms with Crippen molar-refractivity contribution < 1.29 is 8.42 Å². The van der Waals surface area contributed by atoms with Gasteiger partial charge < -0.3 is 5.73 Å². The maximum Gasteiger partial charge on any atom is 0.261 e. The van der Waals surface area contributed by atoms with Gasteiger partial charge in [0.25, 0.3) is 10.0 Å². The van der Waals surface area contributed by atoms with E-state index in [0.717, 1.165) is 12.0 Å². The summed E-state index contributed by atoms with van der Waals surface area (Å²) in [4.78, 5) is -0.00172. The summed E-state index contributed by atoms with van der Waals surface area (Å²) in [7, 11) is -3.77. The van der Waals surface area contributed by atoms with Gasteiger partial charge in [0.15, 0.2) is 0 Å². The van der Waals surface area contributed by atoms with Crippen LogP contribution in [0.15, 0.2) is 41.3 Å². The number of hydrogen-bond acceptors (Lipinski definition) is 3. The van der Waals surface area contributed by atoms with Gasteiger partial charge in [0, 0.05) is 15.7 Å². The van der Waals surface area contributed by atoms with E-state index < -0.39 is 10.0 Å². The van der Waals surface area contributed by atoms with Gasteiger partial charge in [-0.25, -0.2) is 8.42 Å². The first-order valence-corrected chi connectivity index (χ1v) is 8.43. The Morgan fingerprint density at radius 2 is 1.71 bits per heavy atom. The second kappa shape index (κ2) is 6.13. The predicted molar refractivity (Wildman–Crippen MR) is 87.5 cm³/mol. The Kier molecular flexibility index (Phi) is 4.66. The zero-order valence-electron chi connectivity index (χ0n) is 11.2. The molecule has 2 aromatic carbocycles. The summed E-state index contributed by atoms with van der Waals surface area (Å²) in [6, 6.07) is 9.18. The van der Waals surface area contributed by atoms with Crippen molar-refractivity contribution in [2.45, 2.75) is 18.2 Å². The number of rotatable bonds is 4. The highest BCUT2D eigenvalue weighted by atomic mass is 35.5. The number of halogens is 2. The Labute approximate surface area is 133 Å². The Bertz CT molecular complexity index is 756. The molecule has 0 aliphatic carbocycles. The summed E-state index contributed by atoms with van der Waals surface area (Å²) < 4.78 is 27.1. The first kappa shape index (κ1) is 15.9. The zero-order chi connectivity index (χ0) is 15.6. The highest BCUT2D eigenvalue weighted by molar-refractivity contribution is 7.92. The number of hydrogen-bond donors (Lipinski definition) is 2. The highest BCUT2D eigenvalue weighted by Gasteiger charge is 2.16. The minimum atomic E-state index is -3.77. The molecule has 0 amide bonds. The molecule has 2 aromatic rings. The molecule has 0 bridgehead atoms. The molecule has 0 heterocycles. The molecule has 0 saturated carbocycles. The molecule has 4 nitrogen and oxygen atoms in total. The molecule has 2 rings (SSSR count). The number of nitrogens with one attached hydrogen (secondary N) is 1. The quantitative estimate of drug-likeness (QED) is 0.825. The third kappa shape index (κ3) is 3.81. The van der Waals surface area contributed by atoms with E-state index in [0.29, 0.717) is 11.4 Å². The van der Waals surface area contributed by atoms with Crippen LogP contribution in [0.5, 0.6) is 0 Å². The van der Waals surface area contributed by atoms with Gasteiger partial charge >= 0.3 is 0 Å². The molecular formula is C14H14Cl2N2O2S. The molecule has 112 valence electrons. The normalized spacial score (nSPS) is 11.4. The highest BCUT2D eigenvalue weighted by Crippen LogP contribution is 2.25. The van der Waals surface area contributed by atoms with E-state index in [4.69, 9.17) is 28.9 Å². The van der Waals surface area contributed by atoms with Crippen molar-refractivity contribution in [2.24, 2.45) is 0 Å². The number of nitrogens with two attached hydrogens (primary N) is 1. The molecule has 0 aliphatic rings. The second-order valence-electron chi connectivity index (χ2n) is 4.48.